The van der Waals surface area contributed by atoms with Gasteiger partial charge in [0.2, 0.25) is 11.9 Å². The number of hydrogen-bond donors (Lipinski definition) is 1. The summed E-state index contributed by atoms with van der Waals surface area (Å²) in [6, 6.07) is 9.27. The Balaban J connectivity index is 1.36. The Labute approximate surface area is 190 Å². The number of thiophene rings is 1. The van der Waals surface area contributed by atoms with Gasteiger partial charge in [-0.3, -0.25) is 14.2 Å². The van der Waals surface area contributed by atoms with Crippen molar-refractivity contribution in [1.82, 2.24) is 14.9 Å². The molecule has 0 radical (unpaired) electrons. The van der Waals surface area contributed by atoms with Crippen molar-refractivity contribution >= 4 is 33.4 Å². The van der Waals surface area contributed by atoms with Gasteiger partial charge in [0.25, 0.3) is 5.56 Å². The highest BCUT2D eigenvalue weighted by Gasteiger charge is 2.20. The van der Waals surface area contributed by atoms with Crippen LogP contribution in [-0.2, 0) is 11.3 Å². The van der Waals surface area contributed by atoms with Crippen LogP contribution in [0.3, 0.4) is 0 Å². The van der Waals surface area contributed by atoms with E-state index < -0.39 is 0 Å². The lowest BCUT2D eigenvalue weighted by atomic mass is 10.1. The summed E-state index contributed by atoms with van der Waals surface area (Å²) in [5.41, 5.74) is 0.660. The average Bonchev–Trinajstić information content (AvgIpc) is 3.31. The number of aromatic nitrogens is 2. The summed E-state index contributed by atoms with van der Waals surface area (Å²) >= 11 is 1.39. The van der Waals surface area contributed by atoms with E-state index >= 15 is 0 Å². The first-order valence-electron chi connectivity index (χ1n) is 10.9. The van der Waals surface area contributed by atoms with Gasteiger partial charge < -0.3 is 19.7 Å². The van der Waals surface area contributed by atoms with E-state index in [4.69, 9.17) is 14.5 Å². The number of methoxy groups -OCH3 is 1. The second kappa shape index (κ2) is 10.5. The maximum absolute atomic E-state index is 13.1. The topological polar surface area (TPSA) is 85.7 Å². The van der Waals surface area contributed by atoms with E-state index in [2.05, 4.69) is 10.2 Å². The molecule has 0 spiro atoms. The van der Waals surface area contributed by atoms with E-state index in [1.165, 1.54) is 17.8 Å². The molecule has 170 valence electrons. The molecule has 9 heteroatoms. The number of carbonyl (C=O) groups is 1. The standard InChI is InChI=1S/C23H28N4O4S/c1-30-18-7-3-4-8-19(18)31-15-11-24-20(28)9-14-27-22(29)21-17(10-16-32-21)25-23(27)26-12-5-2-6-13-26/h3-4,7-8,10,16H,2,5-6,9,11-15H2,1H3,(H,24,28). The number of rotatable bonds is 9. The second-order valence-corrected chi connectivity index (χ2v) is 8.57. The highest BCUT2D eigenvalue weighted by Crippen LogP contribution is 2.25. The van der Waals surface area contributed by atoms with E-state index in [1.54, 1.807) is 11.7 Å². The molecule has 1 fully saturated rings. The minimum absolute atomic E-state index is 0.0714. The van der Waals surface area contributed by atoms with Gasteiger partial charge >= 0.3 is 0 Å². The smallest absolute Gasteiger partial charge is 0.272 e. The van der Waals surface area contributed by atoms with Crippen molar-refractivity contribution in [1.29, 1.82) is 0 Å². The third kappa shape index (κ3) is 5.04. The van der Waals surface area contributed by atoms with E-state index in [1.807, 2.05) is 35.7 Å². The van der Waals surface area contributed by atoms with E-state index in [9.17, 15) is 9.59 Å². The van der Waals surface area contributed by atoms with E-state index in [0.29, 0.717) is 41.8 Å². The summed E-state index contributed by atoms with van der Waals surface area (Å²) in [5, 5.41) is 4.75. The molecule has 1 aliphatic heterocycles. The number of nitrogens with one attached hydrogen (secondary N) is 1. The summed E-state index contributed by atoms with van der Waals surface area (Å²) in [7, 11) is 1.59. The SMILES string of the molecule is COc1ccccc1OCCNC(=O)CCn1c(N2CCCCC2)nc2ccsc2c1=O. The van der Waals surface area contributed by atoms with Gasteiger partial charge in [-0.1, -0.05) is 12.1 Å². The molecule has 8 nitrogen and oxygen atoms in total. The maximum Gasteiger partial charge on any atom is 0.272 e. The van der Waals surface area contributed by atoms with Crippen LogP contribution in [0.2, 0.25) is 0 Å². The number of fused-ring (bicyclic) bond motifs is 1. The molecule has 32 heavy (non-hydrogen) atoms. The fourth-order valence-electron chi connectivity index (χ4n) is 3.86. The first-order chi connectivity index (χ1) is 15.7. The Bertz CT molecular complexity index is 1120. The summed E-state index contributed by atoms with van der Waals surface area (Å²) in [5.74, 6) is 1.83. The predicted octanol–water partition coefficient (Wildman–Crippen LogP) is 3.04. The lowest BCUT2D eigenvalue weighted by molar-refractivity contribution is -0.121. The molecule has 0 atom stereocenters. The van der Waals surface area contributed by atoms with Crippen molar-refractivity contribution in [3.63, 3.8) is 0 Å². The van der Waals surface area contributed by atoms with Crippen LogP contribution in [0.4, 0.5) is 5.95 Å². The predicted molar refractivity (Wildman–Crippen MR) is 126 cm³/mol. The molecule has 1 N–H and O–H groups in total. The number of nitrogens with zero attached hydrogens (tertiary/aromatic N) is 3. The molecule has 0 saturated carbocycles. The Morgan fingerprint density at radius 1 is 1.16 bits per heavy atom. The molecule has 2 aromatic heterocycles. The molecule has 1 aromatic carbocycles. The summed E-state index contributed by atoms with van der Waals surface area (Å²) in [6.07, 6.45) is 3.57. The highest BCUT2D eigenvalue weighted by atomic mass is 32.1. The van der Waals surface area contributed by atoms with Crippen molar-refractivity contribution in [3.8, 4) is 11.5 Å². The number of carbonyl (C=O) groups excluding carboxylic acids is 1. The summed E-state index contributed by atoms with van der Waals surface area (Å²) in [6.45, 7) is 2.76. The van der Waals surface area contributed by atoms with Crippen molar-refractivity contribution in [2.45, 2.75) is 32.2 Å². The van der Waals surface area contributed by atoms with Gasteiger partial charge in [0.1, 0.15) is 11.3 Å². The monoisotopic (exact) mass is 456 g/mol. The zero-order chi connectivity index (χ0) is 22.3. The van der Waals surface area contributed by atoms with Crippen molar-refractivity contribution < 1.29 is 14.3 Å². The van der Waals surface area contributed by atoms with E-state index in [0.717, 1.165) is 31.4 Å². The van der Waals surface area contributed by atoms with Gasteiger partial charge in [0.05, 0.1) is 19.2 Å². The molecule has 0 aliphatic carbocycles. The zero-order valence-corrected chi connectivity index (χ0v) is 19.0. The normalized spacial score (nSPS) is 13.8. The van der Waals surface area contributed by atoms with Gasteiger partial charge in [0, 0.05) is 26.1 Å². The molecule has 3 heterocycles. The first-order valence-corrected chi connectivity index (χ1v) is 11.8. The largest absolute Gasteiger partial charge is 0.493 e. The fourth-order valence-corrected chi connectivity index (χ4v) is 4.64. The third-order valence-electron chi connectivity index (χ3n) is 5.50. The van der Waals surface area contributed by atoms with Crippen molar-refractivity contribution in [3.05, 3.63) is 46.1 Å². The summed E-state index contributed by atoms with van der Waals surface area (Å²) in [4.78, 5) is 32.4. The molecule has 1 saturated heterocycles. The van der Waals surface area contributed by atoms with Crippen LogP contribution in [0.1, 0.15) is 25.7 Å². The Hall–Kier alpha value is -3.07. The molecular weight excluding hydrogens is 428 g/mol. The van der Waals surface area contributed by atoms with Gasteiger partial charge in [0.15, 0.2) is 11.5 Å². The number of amides is 1. The fraction of sp³-hybridized carbons (Fsp3) is 0.435. The quantitative estimate of drug-likeness (QED) is 0.498. The molecule has 1 aliphatic rings. The van der Waals surface area contributed by atoms with Gasteiger partial charge in [-0.2, -0.15) is 0 Å². The summed E-state index contributed by atoms with van der Waals surface area (Å²) < 4.78 is 13.2. The van der Waals surface area contributed by atoms with Crippen molar-refractivity contribution in [2.75, 3.05) is 38.3 Å². The molecule has 0 unspecified atom stereocenters. The van der Waals surface area contributed by atoms with Crippen LogP contribution in [0.5, 0.6) is 11.5 Å². The highest BCUT2D eigenvalue weighted by molar-refractivity contribution is 7.17. The number of piperidine rings is 1. The van der Waals surface area contributed by atoms with Crippen LogP contribution in [0.25, 0.3) is 10.2 Å². The number of anilines is 1. The lowest BCUT2D eigenvalue weighted by Crippen LogP contribution is -2.37. The number of hydrogen-bond acceptors (Lipinski definition) is 7. The second-order valence-electron chi connectivity index (χ2n) is 7.65. The van der Waals surface area contributed by atoms with Gasteiger partial charge in [-0.15, -0.1) is 11.3 Å². The molecule has 1 amide bonds. The molecule has 3 aromatic rings. The van der Waals surface area contributed by atoms with Gasteiger partial charge in [-0.05, 0) is 42.8 Å². The van der Waals surface area contributed by atoms with Crippen molar-refractivity contribution in [2.24, 2.45) is 0 Å². The molecular formula is C23H28N4O4S. The van der Waals surface area contributed by atoms with Gasteiger partial charge in [-0.25, -0.2) is 4.98 Å². The first kappa shape index (κ1) is 22.1. The maximum atomic E-state index is 13.1. The Kier molecular flexibility index (Phi) is 7.26. The number of para-hydroxylation sites is 2. The number of ether oxygens (including phenoxy) is 2. The van der Waals surface area contributed by atoms with Crippen LogP contribution >= 0.6 is 11.3 Å². The average molecular weight is 457 g/mol. The van der Waals surface area contributed by atoms with E-state index in [-0.39, 0.29) is 17.9 Å². The Morgan fingerprint density at radius 2 is 1.94 bits per heavy atom. The Morgan fingerprint density at radius 3 is 2.72 bits per heavy atom. The van der Waals surface area contributed by atoms with Crippen LogP contribution in [0.15, 0.2) is 40.5 Å². The van der Waals surface area contributed by atoms with Crippen LogP contribution in [-0.4, -0.2) is 48.8 Å². The van der Waals surface area contributed by atoms with Crippen LogP contribution in [0, 0.1) is 0 Å². The minimum Gasteiger partial charge on any atom is -0.493 e. The molecule has 4 rings (SSSR count). The lowest BCUT2D eigenvalue weighted by Gasteiger charge is -2.29. The minimum atomic E-state index is -0.128. The van der Waals surface area contributed by atoms with Crippen LogP contribution < -0.4 is 25.2 Å². The molecule has 0 bridgehead atoms. The third-order valence-corrected chi connectivity index (χ3v) is 6.39. The number of benzene rings is 1. The zero-order valence-electron chi connectivity index (χ0n) is 18.2.